The van der Waals surface area contributed by atoms with Crippen LogP contribution in [0.3, 0.4) is 0 Å². The van der Waals surface area contributed by atoms with Gasteiger partial charge in [0.1, 0.15) is 11.8 Å². The van der Waals surface area contributed by atoms with Crippen molar-refractivity contribution in [3.05, 3.63) is 59.7 Å². The molecule has 0 saturated carbocycles. The molecule has 2 rings (SSSR count). The van der Waals surface area contributed by atoms with Crippen molar-refractivity contribution in [1.82, 2.24) is 14.5 Å². The van der Waals surface area contributed by atoms with Gasteiger partial charge in [-0.05, 0) is 43.7 Å². The Balaban J connectivity index is 2.24. The van der Waals surface area contributed by atoms with Crippen molar-refractivity contribution in [2.45, 2.75) is 31.3 Å². The van der Waals surface area contributed by atoms with Crippen LogP contribution in [0.2, 0.25) is 0 Å². The van der Waals surface area contributed by atoms with Gasteiger partial charge in [-0.15, -0.1) is 0 Å². The average Bonchev–Trinajstić information content (AvgIpc) is 2.76. The van der Waals surface area contributed by atoms with E-state index < -0.39 is 28.5 Å². The van der Waals surface area contributed by atoms with E-state index in [1.807, 2.05) is 6.92 Å². The van der Waals surface area contributed by atoms with Crippen LogP contribution in [0.15, 0.2) is 53.4 Å². The Morgan fingerprint density at radius 2 is 1.65 bits per heavy atom. The molecule has 0 heterocycles. The number of amides is 2. The van der Waals surface area contributed by atoms with Gasteiger partial charge in [0, 0.05) is 20.6 Å². The molecule has 31 heavy (non-hydrogen) atoms. The van der Waals surface area contributed by atoms with Crippen LogP contribution in [0.1, 0.15) is 18.1 Å². The lowest BCUT2D eigenvalue weighted by molar-refractivity contribution is -0.140. The SMILES string of the molecule is CNC(=O)[C@@H](C)N(Cc1ccc(OC)cc1)C(=O)CN(C)S(=O)(=O)c1ccc(C)cc1. The number of rotatable bonds is 9. The molecule has 8 nitrogen and oxygen atoms in total. The summed E-state index contributed by atoms with van der Waals surface area (Å²) >= 11 is 0. The van der Waals surface area contributed by atoms with E-state index in [4.69, 9.17) is 4.74 Å². The second-order valence-electron chi connectivity index (χ2n) is 7.23. The molecule has 0 aliphatic heterocycles. The predicted molar refractivity (Wildman–Crippen MR) is 118 cm³/mol. The second-order valence-corrected chi connectivity index (χ2v) is 9.28. The van der Waals surface area contributed by atoms with Crippen LogP contribution in [0.4, 0.5) is 0 Å². The second kappa shape index (κ2) is 10.4. The fourth-order valence-electron chi connectivity index (χ4n) is 2.98. The Bertz CT molecular complexity index is 1000. The highest BCUT2D eigenvalue weighted by Gasteiger charge is 2.29. The van der Waals surface area contributed by atoms with E-state index >= 15 is 0 Å². The predicted octanol–water partition coefficient (Wildman–Crippen LogP) is 1.79. The van der Waals surface area contributed by atoms with Crippen molar-refractivity contribution in [2.24, 2.45) is 0 Å². The molecule has 1 N–H and O–H groups in total. The number of nitrogens with one attached hydrogen (secondary N) is 1. The van der Waals surface area contributed by atoms with Gasteiger partial charge in [0.05, 0.1) is 18.6 Å². The van der Waals surface area contributed by atoms with Crippen LogP contribution in [-0.4, -0.2) is 63.2 Å². The van der Waals surface area contributed by atoms with E-state index in [2.05, 4.69) is 5.32 Å². The Labute approximate surface area is 183 Å². The van der Waals surface area contributed by atoms with Crippen LogP contribution in [0, 0.1) is 6.92 Å². The largest absolute Gasteiger partial charge is 0.497 e. The van der Waals surface area contributed by atoms with Crippen molar-refractivity contribution >= 4 is 21.8 Å². The zero-order valence-electron chi connectivity index (χ0n) is 18.5. The number of likely N-dealkylation sites (N-methyl/N-ethyl adjacent to an activating group) is 2. The lowest BCUT2D eigenvalue weighted by atomic mass is 10.1. The number of nitrogens with zero attached hydrogens (tertiary/aromatic N) is 2. The lowest BCUT2D eigenvalue weighted by Gasteiger charge is -2.30. The third-order valence-corrected chi connectivity index (χ3v) is 6.83. The van der Waals surface area contributed by atoms with E-state index in [-0.39, 0.29) is 17.3 Å². The van der Waals surface area contributed by atoms with Crippen LogP contribution in [0.25, 0.3) is 0 Å². The normalized spacial score (nSPS) is 12.3. The van der Waals surface area contributed by atoms with Gasteiger partial charge >= 0.3 is 0 Å². The van der Waals surface area contributed by atoms with Gasteiger partial charge in [0.15, 0.2) is 0 Å². The molecule has 0 aromatic heterocycles. The maximum absolute atomic E-state index is 13.1. The number of aryl methyl sites for hydroxylation is 1. The summed E-state index contributed by atoms with van der Waals surface area (Å²) in [6, 6.07) is 12.7. The van der Waals surface area contributed by atoms with Gasteiger partial charge in [-0.1, -0.05) is 29.8 Å². The number of ether oxygens (including phenoxy) is 1. The summed E-state index contributed by atoms with van der Waals surface area (Å²) in [5.41, 5.74) is 1.72. The van der Waals surface area contributed by atoms with Gasteiger partial charge < -0.3 is 15.0 Å². The van der Waals surface area contributed by atoms with Gasteiger partial charge in [-0.2, -0.15) is 4.31 Å². The molecule has 168 valence electrons. The zero-order chi connectivity index (χ0) is 23.2. The van der Waals surface area contributed by atoms with Crippen molar-refractivity contribution in [1.29, 1.82) is 0 Å². The summed E-state index contributed by atoms with van der Waals surface area (Å²) in [7, 11) is 0.549. The molecule has 2 aromatic rings. The first-order chi connectivity index (χ1) is 14.6. The van der Waals surface area contributed by atoms with E-state index in [1.54, 1.807) is 50.4 Å². The highest BCUT2D eigenvalue weighted by Crippen LogP contribution is 2.18. The minimum Gasteiger partial charge on any atom is -0.497 e. The third-order valence-electron chi connectivity index (χ3n) is 5.01. The number of methoxy groups -OCH3 is 1. The first kappa shape index (κ1) is 24.4. The summed E-state index contributed by atoms with van der Waals surface area (Å²) in [5.74, 6) is -0.152. The fourth-order valence-corrected chi connectivity index (χ4v) is 4.10. The summed E-state index contributed by atoms with van der Waals surface area (Å²) < 4.78 is 31.8. The average molecular weight is 448 g/mol. The monoisotopic (exact) mass is 447 g/mol. The molecule has 0 spiro atoms. The molecule has 1 atom stereocenters. The van der Waals surface area contributed by atoms with Crippen LogP contribution >= 0.6 is 0 Å². The summed E-state index contributed by atoms with van der Waals surface area (Å²) in [4.78, 5) is 26.8. The first-order valence-electron chi connectivity index (χ1n) is 9.77. The Hall–Kier alpha value is -2.91. The zero-order valence-corrected chi connectivity index (χ0v) is 19.3. The molecule has 0 aliphatic carbocycles. The maximum atomic E-state index is 13.1. The quantitative estimate of drug-likeness (QED) is 0.632. The standard InChI is InChI=1S/C22H29N3O5S/c1-16-6-12-20(13-7-16)31(28,29)24(4)15-21(26)25(17(2)22(27)23-3)14-18-8-10-19(30-5)11-9-18/h6-13,17H,14-15H2,1-5H3,(H,23,27)/t17-/m1/s1. The number of carbonyl (C=O) groups excluding carboxylic acids is 2. The molecule has 0 bridgehead atoms. The third kappa shape index (κ3) is 6.05. The fraction of sp³-hybridized carbons (Fsp3) is 0.364. The van der Waals surface area contributed by atoms with Crippen molar-refractivity contribution in [3.8, 4) is 5.75 Å². The number of hydrogen-bond donors (Lipinski definition) is 1. The minimum absolute atomic E-state index is 0.106. The van der Waals surface area contributed by atoms with E-state index in [1.165, 1.54) is 31.1 Å². The number of sulfonamides is 1. The Morgan fingerprint density at radius 1 is 1.06 bits per heavy atom. The molecule has 0 unspecified atom stereocenters. The van der Waals surface area contributed by atoms with E-state index in [0.29, 0.717) is 5.75 Å². The van der Waals surface area contributed by atoms with Gasteiger partial charge in [0.2, 0.25) is 21.8 Å². The first-order valence-corrected chi connectivity index (χ1v) is 11.2. The molecule has 2 amide bonds. The number of carbonyl (C=O) groups is 2. The van der Waals surface area contributed by atoms with E-state index in [9.17, 15) is 18.0 Å². The molecule has 0 radical (unpaired) electrons. The molecule has 9 heteroatoms. The molecule has 0 aliphatic rings. The van der Waals surface area contributed by atoms with Crippen LogP contribution < -0.4 is 10.1 Å². The number of benzene rings is 2. The Morgan fingerprint density at radius 3 is 2.16 bits per heavy atom. The summed E-state index contributed by atoms with van der Waals surface area (Å²) in [6.45, 7) is 3.22. The molecule has 0 saturated heterocycles. The number of hydrogen-bond acceptors (Lipinski definition) is 5. The van der Waals surface area contributed by atoms with Crippen LogP contribution in [-0.2, 0) is 26.2 Å². The Kier molecular flexibility index (Phi) is 8.18. The van der Waals surface area contributed by atoms with Crippen molar-refractivity contribution in [2.75, 3.05) is 27.7 Å². The van der Waals surface area contributed by atoms with Gasteiger partial charge in [-0.25, -0.2) is 8.42 Å². The summed E-state index contributed by atoms with van der Waals surface area (Å²) in [5, 5.41) is 2.53. The van der Waals surface area contributed by atoms with Crippen molar-refractivity contribution < 1.29 is 22.7 Å². The maximum Gasteiger partial charge on any atom is 0.243 e. The molecule has 0 fully saturated rings. The smallest absolute Gasteiger partial charge is 0.243 e. The summed E-state index contributed by atoms with van der Waals surface area (Å²) in [6.07, 6.45) is 0. The highest BCUT2D eigenvalue weighted by molar-refractivity contribution is 7.89. The van der Waals surface area contributed by atoms with E-state index in [0.717, 1.165) is 15.4 Å². The minimum atomic E-state index is -3.85. The topological polar surface area (TPSA) is 96.0 Å². The molecular weight excluding hydrogens is 418 g/mol. The van der Waals surface area contributed by atoms with Gasteiger partial charge in [-0.3, -0.25) is 9.59 Å². The van der Waals surface area contributed by atoms with Crippen LogP contribution in [0.5, 0.6) is 5.75 Å². The van der Waals surface area contributed by atoms with Gasteiger partial charge in [0.25, 0.3) is 0 Å². The van der Waals surface area contributed by atoms with Crippen molar-refractivity contribution in [3.63, 3.8) is 0 Å². The molecular formula is C22H29N3O5S. The lowest BCUT2D eigenvalue weighted by Crippen LogP contribution is -2.50. The highest BCUT2D eigenvalue weighted by atomic mass is 32.2. The molecule has 2 aromatic carbocycles.